The van der Waals surface area contributed by atoms with E-state index in [0.717, 1.165) is 11.3 Å². The molecule has 0 spiro atoms. The van der Waals surface area contributed by atoms with Crippen LogP contribution in [-0.2, 0) is 6.54 Å². The van der Waals surface area contributed by atoms with Crippen molar-refractivity contribution in [1.29, 1.82) is 0 Å². The van der Waals surface area contributed by atoms with Gasteiger partial charge in [-0.2, -0.15) is 0 Å². The second-order valence-corrected chi connectivity index (χ2v) is 3.28. The number of benzene rings is 1. The molecule has 0 unspecified atom stereocenters. The highest BCUT2D eigenvalue weighted by Crippen LogP contribution is 2.06. The Labute approximate surface area is 87.8 Å². The highest BCUT2D eigenvalue weighted by molar-refractivity contribution is 5.42. The van der Waals surface area contributed by atoms with Crippen LogP contribution in [-0.4, -0.2) is 4.98 Å². The Balaban J connectivity index is 2.02. The van der Waals surface area contributed by atoms with Crippen molar-refractivity contribution < 1.29 is 0 Å². The Morgan fingerprint density at radius 1 is 1.13 bits per heavy atom. The number of hydrogen-bond donors (Lipinski definition) is 2. The first-order valence-electron chi connectivity index (χ1n) is 4.81. The number of pyridine rings is 1. The van der Waals surface area contributed by atoms with Gasteiger partial charge in [-0.15, -0.1) is 0 Å². The van der Waals surface area contributed by atoms with E-state index in [2.05, 4.69) is 10.3 Å². The lowest BCUT2D eigenvalue weighted by Gasteiger charge is -2.05. The maximum absolute atomic E-state index is 11.0. The summed E-state index contributed by atoms with van der Waals surface area (Å²) in [5.41, 5.74) is 1.96. The molecule has 2 aromatic rings. The van der Waals surface area contributed by atoms with Crippen molar-refractivity contribution in [3.05, 3.63) is 64.6 Å². The summed E-state index contributed by atoms with van der Waals surface area (Å²) in [6.07, 6.45) is 1.66. The molecular weight excluding hydrogens is 188 g/mol. The maximum Gasteiger partial charge on any atom is 0.248 e. The molecule has 2 N–H and O–H groups in total. The van der Waals surface area contributed by atoms with Gasteiger partial charge in [0.2, 0.25) is 5.56 Å². The molecule has 0 bridgehead atoms. The molecule has 0 aliphatic heterocycles. The molecule has 0 aliphatic rings. The molecule has 0 aliphatic carbocycles. The van der Waals surface area contributed by atoms with Crippen molar-refractivity contribution in [1.82, 2.24) is 4.98 Å². The SMILES string of the molecule is O=c1cc(CNc2ccccc2)cc[nH]1. The Morgan fingerprint density at radius 2 is 1.93 bits per heavy atom. The number of rotatable bonds is 3. The monoisotopic (exact) mass is 200 g/mol. The lowest BCUT2D eigenvalue weighted by atomic mass is 10.2. The smallest absolute Gasteiger partial charge is 0.248 e. The molecule has 15 heavy (non-hydrogen) atoms. The topological polar surface area (TPSA) is 44.9 Å². The van der Waals surface area contributed by atoms with E-state index < -0.39 is 0 Å². The molecule has 0 saturated carbocycles. The normalized spacial score (nSPS) is 9.87. The fraction of sp³-hybridized carbons (Fsp3) is 0.0833. The summed E-state index contributed by atoms with van der Waals surface area (Å²) >= 11 is 0. The quantitative estimate of drug-likeness (QED) is 0.795. The zero-order chi connectivity index (χ0) is 10.5. The third kappa shape index (κ3) is 2.71. The summed E-state index contributed by atoms with van der Waals surface area (Å²) in [6, 6.07) is 13.4. The average molecular weight is 200 g/mol. The van der Waals surface area contributed by atoms with Gasteiger partial charge in [0.05, 0.1) is 0 Å². The van der Waals surface area contributed by atoms with Crippen molar-refractivity contribution in [2.24, 2.45) is 0 Å². The fourth-order valence-electron chi connectivity index (χ4n) is 1.36. The van der Waals surface area contributed by atoms with Crippen LogP contribution in [0, 0.1) is 0 Å². The first kappa shape index (κ1) is 9.52. The van der Waals surface area contributed by atoms with E-state index in [0.29, 0.717) is 6.54 Å². The number of aromatic nitrogens is 1. The molecule has 76 valence electrons. The predicted molar refractivity (Wildman–Crippen MR) is 60.8 cm³/mol. The number of hydrogen-bond acceptors (Lipinski definition) is 2. The summed E-state index contributed by atoms with van der Waals surface area (Å²) in [5, 5.41) is 3.24. The molecular formula is C12H12N2O. The van der Waals surface area contributed by atoms with Gasteiger partial charge in [0.1, 0.15) is 0 Å². The van der Waals surface area contributed by atoms with Crippen LogP contribution in [0.3, 0.4) is 0 Å². The molecule has 1 aromatic heterocycles. The van der Waals surface area contributed by atoms with Crippen molar-refractivity contribution in [2.45, 2.75) is 6.54 Å². The van der Waals surface area contributed by atoms with Crippen LogP contribution in [0.4, 0.5) is 5.69 Å². The Hall–Kier alpha value is -2.03. The molecule has 0 radical (unpaired) electrons. The van der Waals surface area contributed by atoms with E-state index in [1.807, 2.05) is 36.4 Å². The first-order chi connectivity index (χ1) is 7.34. The maximum atomic E-state index is 11.0. The minimum Gasteiger partial charge on any atom is -0.381 e. The van der Waals surface area contributed by atoms with Crippen LogP contribution in [0.1, 0.15) is 5.56 Å². The zero-order valence-electron chi connectivity index (χ0n) is 8.23. The first-order valence-corrected chi connectivity index (χ1v) is 4.81. The van der Waals surface area contributed by atoms with Crippen LogP contribution in [0.25, 0.3) is 0 Å². The Kier molecular flexibility index (Phi) is 2.83. The van der Waals surface area contributed by atoms with Gasteiger partial charge in [-0.1, -0.05) is 18.2 Å². The van der Waals surface area contributed by atoms with Crippen molar-refractivity contribution in [3.8, 4) is 0 Å². The van der Waals surface area contributed by atoms with Crippen LogP contribution in [0.2, 0.25) is 0 Å². The van der Waals surface area contributed by atoms with Gasteiger partial charge in [0, 0.05) is 24.5 Å². The molecule has 2 rings (SSSR count). The molecule has 1 heterocycles. The molecule has 0 atom stereocenters. The highest BCUT2D eigenvalue weighted by atomic mass is 16.1. The number of para-hydroxylation sites is 1. The van der Waals surface area contributed by atoms with E-state index in [4.69, 9.17) is 0 Å². The van der Waals surface area contributed by atoms with Crippen LogP contribution in [0.5, 0.6) is 0 Å². The molecule has 3 nitrogen and oxygen atoms in total. The molecule has 1 aromatic carbocycles. The summed E-state index contributed by atoms with van der Waals surface area (Å²) in [6.45, 7) is 0.661. The van der Waals surface area contributed by atoms with Gasteiger partial charge >= 0.3 is 0 Å². The number of nitrogens with one attached hydrogen (secondary N) is 2. The van der Waals surface area contributed by atoms with E-state index >= 15 is 0 Å². The van der Waals surface area contributed by atoms with E-state index in [1.54, 1.807) is 12.3 Å². The van der Waals surface area contributed by atoms with Crippen LogP contribution >= 0.6 is 0 Å². The van der Waals surface area contributed by atoms with E-state index in [1.165, 1.54) is 0 Å². The van der Waals surface area contributed by atoms with Crippen LogP contribution in [0.15, 0.2) is 53.5 Å². The largest absolute Gasteiger partial charge is 0.381 e. The highest BCUT2D eigenvalue weighted by Gasteiger charge is 1.93. The van der Waals surface area contributed by atoms with Gasteiger partial charge in [-0.05, 0) is 23.8 Å². The second kappa shape index (κ2) is 4.46. The van der Waals surface area contributed by atoms with Gasteiger partial charge < -0.3 is 10.3 Å². The van der Waals surface area contributed by atoms with Crippen LogP contribution < -0.4 is 10.9 Å². The molecule has 0 fully saturated rings. The Bertz CT molecular complexity index is 476. The van der Waals surface area contributed by atoms with Crippen molar-refractivity contribution >= 4 is 5.69 Å². The average Bonchev–Trinajstić information content (AvgIpc) is 2.28. The van der Waals surface area contributed by atoms with E-state index in [-0.39, 0.29) is 5.56 Å². The van der Waals surface area contributed by atoms with Gasteiger partial charge in [-0.3, -0.25) is 4.79 Å². The third-order valence-electron chi connectivity index (χ3n) is 2.11. The third-order valence-corrected chi connectivity index (χ3v) is 2.11. The van der Waals surface area contributed by atoms with Gasteiger partial charge in [0.25, 0.3) is 0 Å². The molecule has 0 amide bonds. The van der Waals surface area contributed by atoms with Crippen molar-refractivity contribution in [2.75, 3.05) is 5.32 Å². The number of aromatic amines is 1. The van der Waals surface area contributed by atoms with Crippen molar-refractivity contribution in [3.63, 3.8) is 0 Å². The van der Waals surface area contributed by atoms with E-state index in [9.17, 15) is 4.79 Å². The summed E-state index contributed by atoms with van der Waals surface area (Å²) in [7, 11) is 0. The fourth-order valence-corrected chi connectivity index (χ4v) is 1.36. The zero-order valence-corrected chi connectivity index (χ0v) is 8.23. The summed E-state index contributed by atoms with van der Waals surface area (Å²) in [5.74, 6) is 0. The lowest BCUT2D eigenvalue weighted by Crippen LogP contribution is -2.07. The molecule has 3 heteroatoms. The predicted octanol–water partition coefficient (Wildman–Crippen LogP) is 1.99. The standard InChI is InChI=1S/C12H12N2O/c15-12-8-10(6-7-13-12)9-14-11-4-2-1-3-5-11/h1-8,14H,9H2,(H,13,15). The summed E-state index contributed by atoms with van der Waals surface area (Å²) < 4.78 is 0. The summed E-state index contributed by atoms with van der Waals surface area (Å²) in [4.78, 5) is 13.6. The minimum atomic E-state index is -0.0673. The number of anilines is 1. The minimum absolute atomic E-state index is 0.0673. The number of H-pyrrole nitrogens is 1. The van der Waals surface area contributed by atoms with Gasteiger partial charge in [0.15, 0.2) is 0 Å². The van der Waals surface area contributed by atoms with Gasteiger partial charge in [-0.25, -0.2) is 0 Å². The second-order valence-electron chi connectivity index (χ2n) is 3.28. The lowest BCUT2D eigenvalue weighted by molar-refractivity contribution is 1.10. The Morgan fingerprint density at radius 3 is 2.67 bits per heavy atom. The molecule has 0 saturated heterocycles.